The molecular weight excluding hydrogens is 334 g/mol. The van der Waals surface area contributed by atoms with Crippen LogP contribution in [0.1, 0.15) is 17.0 Å². The summed E-state index contributed by atoms with van der Waals surface area (Å²) in [6.07, 6.45) is 2.49. The maximum absolute atomic E-state index is 10.6. The first-order chi connectivity index (χ1) is 10.0. The van der Waals surface area contributed by atoms with Gasteiger partial charge in [0.25, 0.3) is 0 Å². The molecule has 1 heterocycles. The number of pyridine rings is 1. The van der Waals surface area contributed by atoms with E-state index in [0.29, 0.717) is 18.1 Å². The van der Waals surface area contributed by atoms with E-state index < -0.39 is 5.97 Å². The molecule has 108 valence electrons. The predicted octanol–water partition coefficient (Wildman–Crippen LogP) is 3.83. The van der Waals surface area contributed by atoms with E-state index >= 15 is 0 Å². The van der Waals surface area contributed by atoms with Crippen molar-refractivity contribution in [3.05, 3.63) is 63.9 Å². The first kappa shape index (κ1) is 15.3. The van der Waals surface area contributed by atoms with Gasteiger partial charge >= 0.3 is 5.97 Å². The van der Waals surface area contributed by atoms with Gasteiger partial charge in [-0.1, -0.05) is 28.1 Å². The molecule has 0 radical (unpaired) electrons. The Kier molecular flexibility index (Phi) is 5.11. The third-order valence-corrected chi connectivity index (χ3v) is 3.19. The van der Waals surface area contributed by atoms with Crippen molar-refractivity contribution in [3.63, 3.8) is 0 Å². The van der Waals surface area contributed by atoms with E-state index in [1.165, 1.54) is 6.08 Å². The zero-order chi connectivity index (χ0) is 15.2. The second-order valence-corrected chi connectivity index (χ2v) is 5.34. The number of rotatable bonds is 5. The van der Waals surface area contributed by atoms with Crippen LogP contribution in [0, 0.1) is 6.92 Å². The van der Waals surface area contributed by atoms with E-state index in [0.717, 1.165) is 21.8 Å². The van der Waals surface area contributed by atoms with Crippen LogP contribution in [-0.4, -0.2) is 16.1 Å². The lowest BCUT2D eigenvalue weighted by Crippen LogP contribution is -1.99. The lowest BCUT2D eigenvalue weighted by atomic mass is 10.2. The summed E-state index contributed by atoms with van der Waals surface area (Å²) in [5.74, 6) is -0.464. The number of aryl methyl sites for hydroxylation is 1. The number of halogens is 1. The maximum Gasteiger partial charge on any atom is 0.328 e. The highest BCUT2D eigenvalue weighted by atomic mass is 79.9. The summed E-state index contributed by atoms with van der Waals surface area (Å²) >= 11 is 3.41. The first-order valence-corrected chi connectivity index (χ1v) is 7.10. The molecule has 0 aliphatic heterocycles. The first-order valence-electron chi connectivity index (χ1n) is 6.30. The molecule has 2 rings (SSSR count). The third-order valence-electron chi connectivity index (χ3n) is 2.69. The Morgan fingerprint density at radius 2 is 2.19 bits per heavy atom. The molecule has 2 aromatic rings. The SMILES string of the molecule is Cc1ccc(OCc2cccc(Br)c2)c(C=CC(=O)O)n1. The minimum Gasteiger partial charge on any atom is -0.487 e. The van der Waals surface area contributed by atoms with E-state index in [2.05, 4.69) is 20.9 Å². The molecule has 1 aromatic carbocycles. The normalized spacial score (nSPS) is 10.8. The van der Waals surface area contributed by atoms with Crippen molar-refractivity contribution in [2.75, 3.05) is 0 Å². The highest BCUT2D eigenvalue weighted by Gasteiger charge is 2.05. The van der Waals surface area contributed by atoms with Crippen LogP contribution in [0.4, 0.5) is 0 Å². The van der Waals surface area contributed by atoms with E-state index in [1.54, 1.807) is 6.07 Å². The fourth-order valence-corrected chi connectivity index (χ4v) is 2.19. The Bertz CT molecular complexity index is 683. The van der Waals surface area contributed by atoms with Crippen LogP contribution in [0.5, 0.6) is 5.75 Å². The molecule has 0 bridgehead atoms. The Morgan fingerprint density at radius 1 is 1.38 bits per heavy atom. The standard InChI is InChI=1S/C16H14BrNO3/c1-11-5-7-15(14(18-11)6-8-16(19)20)21-10-12-3-2-4-13(17)9-12/h2-9H,10H2,1H3,(H,19,20). The number of ether oxygens (including phenoxy) is 1. The molecule has 0 spiro atoms. The van der Waals surface area contributed by atoms with Crippen molar-refractivity contribution in [2.24, 2.45) is 0 Å². The van der Waals surface area contributed by atoms with Crippen molar-refractivity contribution in [1.82, 2.24) is 4.98 Å². The van der Waals surface area contributed by atoms with Gasteiger partial charge in [0.15, 0.2) is 0 Å². The van der Waals surface area contributed by atoms with Crippen molar-refractivity contribution < 1.29 is 14.6 Å². The van der Waals surface area contributed by atoms with E-state index in [4.69, 9.17) is 9.84 Å². The maximum atomic E-state index is 10.6. The topological polar surface area (TPSA) is 59.4 Å². The van der Waals surface area contributed by atoms with Crippen LogP contribution in [0.3, 0.4) is 0 Å². The van der Waals surface area contributed by atoms with Crippen LogP contribution < -0.4 is 4.74 Å². The van der Waals surface area contributed by atoms with Gasteiger partial charge in [-0.3, -0.25) is 0 Å². The predicted molar refractivity (Wildman–Crippen MR) is 84.1 cm³/mol. The third kappa shape index (κ3) is 4.72. The number of carboxylic acids is 1. The fraction of sp³-hybridized carbons (Fsp3) is 0.125. The molecular formula is C16H14BrNO3. The summed E-state index contributed by atoms with van der Waals surface area (Å²) < 4.78 is 6.72. The highest BCUT2D eigenvalue weighted by molar-refractivity contribution is 9.10. The van der Waals surface area contributed by atoms with Gasteiger partial charge in [0.2, 0.25) is 0 Å². The van der Waals surface area contributed by atoms with Gasteiger partial charge in [-0.15, -0.1) is 0 Å². The Labute approximate surface area is 131 Å². The molecule has 5 heteroatoms. The molecule has 21 heavy (non-hydrogen) atoms. The number of hydrogen-bond donors (Lipinski definition) is 1. The van der Waals surface area contributed by atoms with Gasteiger partial charge in [-0.05, 0) is 42.8 Å². The van der Waals surface area contributed by atoms with Crippen molar-refractivity contribution in [2.45, 2.75) is 13.5 Å². The van der Waals surface area contributed by atoms with Crippen molar-refractivity contribution in [1.29, 1.82) is 0 Å². The monoisotopic (exact) mass is 347 g/mol. The molecule has 0 saturated carbocycles. The number of aromatic nitrogens is 1. The average molecular weight is 348 g/mol. The lowest BCUT2D eigenvalue weighted by Gasteiger charge is -2.09. The molecule has 0 fully saturated rings. The van der Waals surface area contributed by atoms with Crippen LogP contribution in [-0.2, 0) is 11.4 Å². The van der Waals surface area contributed by atoms with Gasteiger partial charge in [0.05, 0.1) is 0 Å². The summed E-state index contributed by atoms with van der Waals surface area (Å²) in [5, 5.41) is 8.71. The molecule has 1 N–H and O–H groups in total. The minimum absolute atomic E-state index is 0.387. The van der Waals surface area contributed by atoms with Gasteiger partial charge in [0.1, 0.15) is 18.1 Å². The zero-order valence-corrected chi connectivity index (χ0v) is 13.0. The summed E-state index contributed by atoms with van der Waals surface area (Å²) in [7, 11) is 0. The number of benzene rings is 1. The molecule has 0 unspecified atom stereocenters. The van der Waals surface area contributed by atoms with Gasteiger partial charge in [-0.2, -0.15) is 0 Å². The van der Waals surface area contributed by atoms with E-state index in [9.17, 15) is 4.79 Å². The summed E-state index contributed by atoms with van der Waals surface area (Å²) in [4.78, 5) is 14.9. The largest absolute Gasteiger partial charge is 0.487 e. The summed E-state index contributed by atoms with van der Waals surface area (Å²) in [6, 6.07) is 11.4. The van der Waals surface area contributed by atoms with Crippen molar-refractivity contribution in [3.8, 4) is 5.75 Å². The minimum atomic E-state index is -1.02. The average Bonchev–Trinajstić information content (AvgIpc) is 2.44. The van der Waals surface area contributed by atoms with Crippen LogP contribution in [0.25, 0.3) is 6.08 Å². The molecule has 1 aromatic heterocycles. The second kappa shape index (κ2) is 7.04. The number of hydrogen-bond acceptors (Lipinski definition) is 3. The Morgan fingerprint density at radius 3 is 2.90 bits per heavy atom. The number of carboxylic acid groups (broad SMARTS) is 1. The smallest absolute Gasteiger partial charge is 0.328 e. The van der Waals surface area contributed by atoms with E-state index in [-0.39, 0.29) is 0 Å². The number of aliphatic carboxylic acids is 1. The van der Waals surface area contributed by atoms with Gasteiger partial charge in [-0.25, -0.2) is 9.78 Å². The highest BCUT2D eigenvalue weighted by Crippen LogP contribution is 2.20. The molecule has 4 nitrogen and oxygen atoms in total. The zero-order valence-electron chi connectivity index (χ0n) is 11.4. The molecule has 0 saturated heterocycles. The summed E-state index contributed by atoms with van der Waals surface area (Å²) in [6.45, 7) is 2.23. The molecule has 0 aliphatic rings. The van der Waals surface area contributed by atoms with Gasteiger partial charge in [0, 0.05) is 16.2 Å². The summed E-state index contributed by atoms with van der Waals surface area (Å²) in [5.41, 5.74) is 2.32. The lowest BCUT2D eigenvalue weighted by molar-refractivity contribution is -0.131. The molecule has 0 amide bonds. The number of carbonyl (C=O) groups is 1. The molecule has 0 atom stereocenters. The Hall–Kier alpha value is -2.14. The van der Waals surface area contributed by atoms with Crippen LogP contribution in [0.15, 0.2) is 46.9 Å². The quantitative estimate of drug-likeness (QED) is 0.835. The second-order valence-electron chi connectivity index (χ2n) is 4.43. The molecule has 0 aliphatic carbocycles. The Balaban J connectivity index is 2.17. The van der Waals surface area contributed by atoms with Crippen LogP contribution >= 0.6 is 15.9 Å². The van der Waals surface area contributed by atoms with Crippen LogP contribution in [0.2, 0.25) is 0 Å². The van der Waals surface area contributed by atoms with Crippen molar-refractivity contribution >= 4 is 28.0 Å². The number of nitrogens with zero attached hydrogens (tertiary/aromatic N) is 1. The van der Waals surface area contributed by atoms with Gasteiger partial charge < -0.3 is 9.84 Å². The van der Waals surface area contributed by atoms with E-state index in [1.807, 2.05) is 37.3 Å². The fourth-order valence-electron chi connectivity index (χ4n) is 1.74.